The van der Waals surface area contributed by atoms with Crippen LogP contribution in [0.15, 0.2) is 29.2 Å². The van der Waals surface area contributed by atoms with Gasteiger partial charge in [-0.3, -0.25) is 4.79 Å². The molecule has 0 saturated heterocycles. The van der Waals surface area contributed by atoms with E-state index in [0.717, 1.165) is 12.1 Å². The van der Waals surface area contributed by atoms with Crippen LogP contribution in [0, 0.1) is 17.1 Å². The van der Waals surface area contributed by atoms with Gasteiger partial charge in [0, 0.05) is 13.0 Å². The van der Waals surface area contributed by atoms with Crippen molar-refractivity contribution in [3.8, 4) is 6.07 Å². The molecule has 1 aliphatic heterocycles. The molecule has 32 heavy (non-hydrogen) atoms. The molecule has 0 bridgehead atoms. The second-order valence-electron chi connectivity index (χ2n) is 6.93. The molecule has 1 aliphatic rings. The van der Waals surface area contributed by atoms with Crippen molar-refractivity contribution in [2.45, 2.75) is 25.7 Å². The van der Waals surface area contributed by atoms with Crippen LogP contribution < -0.4 is 10.5 Å². The van der Waals surface area contributed by atoms with Gasteiger partial charge in [-0.25, -0.2) is 13.5 Å². The third-order valence-electron chi connectivity index (χ3n) is 5.07. The van der Waals surface area contributed by atoms with E-state index in [2.05, 4.69) is 15.4 Å². The summed E-state index contributed by atoms with van der Waals surface area (Å²) in [6.45, 7) is 0.397. The molecule has 0 amide bonds. The van der Waals surface area contributed by atoms with Gasteiger partial charge in [-0.05, 0) is 39.7 Å². The third kappa shape index (κ3) is 4.21. The Hall–Kier alpha value is -2.59. The van der Waals surface area contributed by atoms with E-state index in [1.165, 1.54) is 15.3 Å². The lowest BCUT2D eigenvalue weighted by molar-refractivity contribution is -0.138. The molecule has 1 unspecified atom stereocenters. The van der Waals surface area contributed by atoms with Gasteiger partial charge in [-0.1, -0.05) is 11.3 Å². The normalized spacial score (nSPS) is 14.1. The van der Waals surface area contributed by atoms with Gasteiger partial charge in [0.2, 0.25) is 0 Å². The minimum absolute atomic E-state index is 0.0267. The number of anilines is 1. The first-order chi connectivity index (χ1) is 15.2. The third-order valence-corrected chi connectivity index (χ3v) is 6.91. The number of fused-ring (bicyclic) bond motifs is 1. The number of hydrogen-bond acceptors (Lipinski definition) is 6. The van der Waals surface area contributed by atoms with Gasteiger partial charge < -0.3 is 4.90 Å². The lowest BCUT2D eigenvalue weighted by Crippen LogP contribution is -2.34. The monoisotopic (exact) mass is 577 g/mol. The summed E-state index contributed by atoms with van der Waals surface area (Å²) in [6, 6.07) is 4.47. The van der Waals surface area contributed by atoms with Crippen molar-refractivity contribution < 1.29 is 17.6 Å². The van der Waals surface area contributed by atoms with Gasteiger partial charge in [0.25, 0.3) is 5.56 Å². The zero-order valence-corrected chi connectivity index (χ0v) is 19.2. The molecule has 4 rings (SSSR count). The molecule has 8 nitrogen and oxygen atoms in total. The predicted octanol–water partition coefficient (Wildman–Crippen LogP) is 3.27. The zero-order valence-electron chi connectivity index (χ0n) is 16.1. The molecule has 0 aliphatic carbocycles. The van der Waals surface area contributed by atoms with Crippen molar-refractivity contribution in [3.05, 3.63) is 68.6 Å². The largest absolute Gasteiger partial charge is 0.416 e. The van der Waals surface area contributed by atoms with Crippen LogP contribution in [0.5, 0.6) is 0 Å². The predicted molar refractivity (Wildman–Crippen MR) is 116 cm³/mol. The second-order valence-corrected chi connectivity index (χ2v) is 8.97. The van der Waals surface area contributed by atoms with E-state index >= 15 is 0 Å². The number of nitrogens with zero attached hydrogens (tertiary/aromatic N) is 7. The number of nitriles is 1. The van der Waals surface area contributed by atoms with Gasteiger partial charge in [0.1, 0.15) is 23.1 Å². The first kappa shape index (κ1) is 22.6. The van der Waals surface area contributed by atoms with E-state index < -0.39 is 23.1 Å². The van der Waals surface area contributed by atoms with Gasteiger partial charge >= 0.3 is 6.18 Å². The minimum atomic E-state index is -4.70. The molecule has 0 spiro atoms. The Bertz CT molecular complexity index is 1280. The molecule has 0 radical (unpaired) electrons. The topological polar surface area (TPSA) is 92.6 Å². The van der Waals surface area contributed by atoms with Gasteiger partial charge in [0.15, 0.2) is 0 Å². The Balaban J connectivity index is 1.63. The number of halogens is 5. The molecule has 0 fully saturated rings. The Kier molecular flexibility index (Phi) is 6.17. The molecule has 14 heteroatoms. The molecule has 0 N–H and O–H groups in total. The lowest BCUT2D eigenvalue weighted by atomic mass is 10.1. The lowest BCUT2D eigenvalue weighted by Gasteiger charge is -2.28. The molecule has 1 aromatic carbocycles. The highest BCUT2D eigenvalue weighted by Gasteiger charge is 2.34. The fourth-order valence-electron chi connectivity index (χ4n) is 3.56. The highest BCUT2D eigenvalue weighted by molar-refractivity contribution is 14.2. The summed E-state index contributed by atoms with van der Waals surface area (Å²) in [7, 11) is 0. The van der Waals surface area contributed by atoms with Crippen LogP contribution in [0.4, 0.5) is 23.2 Å². The molecular formula is C18H13F4IN7OP. The van der Waals surface area contributed by atoms with E-state index in [9.17, 15) is 27.6 Å². The maximum atomic E-state index is 13.4. The van der Waals surface area contributed by atoms with Crippen molar-refractivity contribution in [1.29, 1.82) is 5.26 Å². The summed E-state index contributed by atoms with van der Waals surface area (Å²) < 4.78 is 55.9. The minimum Gasteiger partial charge on any atom is -0.363 e. The summed E-state index contributed by atoms with van der Waals surface area (Å²) >= 11 is 1.99. The highest BCUT2D eigenvalue weighted by Crippen LogP contribution is 2.33. The summed E-state index contributed by atoms with van der Waals surface area (Å²) in [4.78, 5) is 14.2. The second kappa shape index (κ2) is 8.74. The maximum Gasteiger partial charge on any atom is 0.416 e. The van der Waals surface area contributed by atoms with E-state index in [0.29, 0.717) is 36.1 Å². The molecule has 1 atom stereocenters. The van der Waals surface area contributed by atoms with Crippen LogP contribution in [0.2, 0.25) is 0 Å². The van der Waals surface area contributed by atoms with Gasteiger partial charge in [-0.15, -0.1) is 5.10 Å². The van der Waals surface area contributed by atoms with Crippen molar-refractivity contribution in [3.63, 3.8) is 0 Å². The molecule has 3 heterocycles. The Morgan fingerprint density at radius 3 is 2.78 bits per heavy atom. The van der Waals surface area contributed by atoms with Crippen molar-refractivity contribution in [2.75, 3.05) is 11.4 Å². The van der Waals surface area contributed by atoms with Crippen LogP contribution in [-0.4, -0.2) is 31.1 Å². The van der Waals surface area contributed by atoms with Gasteiger partial charge in [0.05, 0.1) is 42.6 Å². The fourth-order valence-corrected chi connectivity index (χ4v) is 4.88. The zero-order chi connectivity index (χ0) is 23.0. The van der Waals surface area contributed by atoms with Crippen molar-refractivity contribution in [2.24, 2.45) is 0 Å². The summed E-state index contributed by atoms with van der Waals surface area (Å²) in [5.41, 5.74) is -0.137. The molecule has 2 aromatic heterocycles. The number of hydrogen-bond donors (Lipinski definition) is 0. The molecule has 0 saturated carbocycles. The average Bonchev–Trinajstić information content (AvgIpc) is 3.16. The Morgan fingerprint density at radius 2 is 2.09 bits per heavy atom. The van der Waals surface area contributed by atoms with E-state index in [4.69, 9.17) is 0 Å². The summed E-state index contributed by atoms with van der Waals surface area (Å²) in [5, 5.41) is 21.6. The van der Waals surface area contributed by atoms with E-state index in [1.807, 2.05) is 28.1 Å². The Labute approximate surface area is 193 Å². The number of alkyl halides is 3. The highest BCUT2D eigenvalue weighted by atomic mass is 127. The quantitative estimate of drug-likeness (QED) is 0.269. The fraction of sp³-hybridized carbons (Fsp3) is 0.278. The van der Waals surface area contributed by atoms with E-state index in [1.54, 1.807) is 4.90 Å². The SMILES string of the molecule is N#Cc1c(N2CCc3c(nnn3Cc3ccc(F)cc3C(F)(F)F)C2)cnn(PI)c1=O. The van der Waals surface area contributed by atoms with Gasteiger partial charge in [-0.2, -0.15) is 23.5 Å². The first-order valence-corrected chi connectivity index (χ1v) is 13.2. The smallest absolute Gasteiger partial charge is 0.363 e. The standard InChI is InChI=1S/C18H13F4IN7OP/c19-11-2-1-10(13(5-11)18(20,21)22)8-29-15-3-4-28(9-14(15)26-27-29)16-7-25-30(32-23)17(31)12(16)6-24/h1-2,5,7,32H,3-4,8-9H2. The summed E-state index contributed by atoms with van der Waals surface area (Å²) in [5.74, 6) is -0.968. The maximum absolute atomic E-state index is 13.4. The van der Waals surface area contributed by atoms with Crippen LogP contribution in [-0.2, 0) is 25.7 Å². The van der Waals surface area contributed by atoms with Crippen molar-refractivity contribution >= 4 is 34.1 Å². The first-order valence-electron chi connectivity index (χ1n) is 9.13. The molecule has 166 valence electrons. The Morgan fingerprint density at radius 1 is 1.31 bits per heavy atom. The van der Waals surface area contributed by atoms with E-state index in [-0.39, 0.29) is 30.6 Å². The number of rotatable bonds is 4. The molecular weight excluding hydrogens is 564 g/mol. The van der Waals surface area contributed by atoms with Crippen LogP contribution in [0.3, 0.4) is 0 Å². The van der Waals surface area contributed by atoms with Crippen LogP contribution in [0.1, 0.15) is 28.1 Å². The average molecular weight is 577 g/mol. The van der Waals surface area contributed by atoms with Crippen LogP contribution >= 0.6 is 28.4 Å². The number of benzene rings is 1. The number of aromatic nitrogens is 5. The summed E-state index contributed by atoms with van der Waals surface area (Å²) in [6.07, 6.45) is -2.81. The van der Waals surface area contributed by atoms with Crippen molar-refractivity contribution in [1.82, 2.24) is 24.5 Å². The molecule has 3 aromatic rings. The van der Waals surface area contributed by atoms with Crippen LogP contribution in [0.25, 0.3) is 0 Å².